The molecule has 1 amide bonds. The van der Waals surface area contributed by atoms with E-state index in [-0.39, 0.29) is 5.91 Å². The number of ether oxygens (including phenoxy) is 1. The number of imidazole rings is 1. The second-order valence-corrected chi connectivity index (χ2v) is 5.25. The summed E-state index contributed by atoms with van der Waals surface area (Å²) in [4.78, 5) is 16.4. The summed E-state index contributed by atoms with van der Waals surface area (Å²) < 4.78 is 12.9. The SMILES string of the molecule is COCc1c(C(=O)NCCCn2ccnc2)oc2ccccc12. The third-order valence-corrected chi connectivity index (χ3v) is 3.63. The lowest BCUT2D eigenvalue weighted by molar-refractivity contribution is 0.0920. The van der Waals surface area contributed by atoms with Crippen LogP contribution in [0.5, 0.6) is 0 Å². The minimum Gasteiger partial charge on any atom is -0.451 e. The monoisotopic (exact) mass is 313 g/mol. The molecule has 0 saturated heterocycles. The molecule has 6 heteroatoms. The number of benzene rings is 1. The van der Waals surface area contributed by atoms with Crippen molar-refractivity contribution in [2.75, 3.05) is 13.7 Å². The van der Waals surface area contributed by atoms with Crippen LogP contribution in [0.15, 0.2) is 47.4 Å². The molecular formula is C17H19N3O3. The van der Waals surface area contributed by atoms with Gasteiger partial charge in [-0.2, -0.15) is 0 Å². The van der Waals surface area contributed by atoms with Gasteiger partial charge in [0.25, 0.3) is 5.91 Å². The maximum absolute atomic E-state index is 12.4. The molecule has 0 atom stereocenters. The molecule has 2 aromatic heterocycles. The number of carbonyl (C=O) groups is 1. The molecule has 0 aliphatic rings. The molecule has 6 nitrogen and oxygen atoms in total. The first-order valence-corrected chi connectivity index (χ1v) is 7.53. The van der Waals surface area contributed by atoms with E-state index in [1.807, 2.05) is 35.0 Å². The van der Waals surface area contributed by atoms with Gasteiger partial charge in [-0.05, 0) is 12.5 Å². The second kappa shape index (κ2) is 7.11. The summed E-state index contributed by atoms with van der Waals surface area (Å²) in [5.74, 6) is 0.120. The number of aryl methyl sites for hydroxylation is 1. The summed E-state index contributed by atoms with van der Waals surface area (Å²) in [6, 6.07) is 7.59. The maximum Gasteiger partial charge on any atom is 0.287 e. The average Bonchev–Trinajstić information content (AvgIpc) is 3.20. The van der Waals surface area contributed by atoms with Crippen LogP contribution in [0.3, 0.4) is 0 Å². The molecule has 2 heterocycles. The van der Waals surface area contributed by atoms with Crippen molar-refractivity contribution in [2.24, 2.45) is 0 Å². The Hall–Kier alpha value is -2.60. The summed E-state index contributed by atoms with van der Waals surface area (Å²) >= 11 is 0. The Morgan fingerprint density at radius 2 is 2.26 bits per heavy atom. The molecule has 1 aromatic carbocycles. The third-order valence-electron chi connectivity index (χ3n) is 3.63. The lowest BCUT2D eigenvalue weighted by Crippen LogP contribution is -2.25. The number of furan rings is 1. The molecule has 1 N–H and O–H groups in total. The lowest BCUT2D eigenvalue weighted by atomic mass is 10.1. The first-order chi connectivity index (χ1) is 11.3. The van der Waals surface area contributed by atoms with Crippen molar-refractivity contribution in [3.8, 4) is 0 Å². The molecule has 120 valence electrons. The van der Waals surface area contributed by atoms with Crippen molar-refractivity contribution in [1.82, 2.24) is 14.9 Å². The predicted molar refractivity (Wildman–Crippen MR) is 86.1 cm³/mol. The minimum atomic E-state index is -0.209. The largest absolute Gasteiger partial charge is 0.451 e. The van der Waals surface area contributed by atoms with E-state index in [9.17, 15) is 4.79 Å². The summed E-state index contributed by atoms with van der Waals surface area (Å²) in [5, 5.41) is 3.81. The van der Waals surface area contributed by atoms with E-state index in [0.717, 1.165) is 23.9 Å². The van der Waals surface area contributed by atoms with E-state index in [2.05, 4.69) is 10.3 Å². The molecule has 0 radical (unpaired) electrons. The van der Waals surface area contributed by atoms with E-state index >= 15 is 0 Å². The fourth-order valence-electron chi connectivity index (χ4n) is 2.53. The second-order valence-electron chi connectivity index (χ2n) is 5.25. The molecule has 0 aliphatic heterocycles. The number of carbonyl (C=O) groups excluding carboxylic acids is 1. The number of amides is 1. The lowest BCUT2D eigenvalue weighted by Gasteiger charge is -2.05. The highest BCUT2D eigenvalue weighted by atomic mass is 16.5. The number of para-hydroxylation sites is 1. The van der Waals surface area contributed by atoms with Crippen molar-refractivity contribution in [1.29, 1.82) is 0 Å². The topological polar surface area (TPSA) is 69.3 Å². The Morgan fingerprint density at radius 1 is 1.39 bits per heavy atom. The zero-order chi connectivity index (χ0) is 16.1. The van der Waals surface area contributed by atoms with Crippen molar-refractivity contribution >= 4 is 16.9 Å². The van der Waals surface area contributed by atoms with Crippen molar-refractivity contribution < 1.29 is 13.9 Å². The molecule has 3 aromatic rings. The summed E-state index contributed by atoms with van der Waals surface area (Å²) in [6.07, 6.45) is 6.22. The number of rotatable bonds is 7. The number of nitrogens with zero attached hydrogens (tertiary/aromatic N) is 2. The van der Waals surface area contributed by atoms with Crippen LogP contribution < -0.4 is 5.32 Å². The van der Waals surface area contributed by atoms with Crippen LogP contribution in [-0.4, -0.2) is 29.1 Å². The Balaban J connectivity index is 1.66. The van der Waals surface area contributed by atoms with Gasteiger partial charge in [0.2, 0.25) is 0 Å². The summed E-state index contributed by atoms with van der Waals surface area (Å²) in [7, 11) is 1.61. The first-order valence-electron chi connectivity index (χ1n) is 7.53. The van der Waals surface area contributed by atoms with Gasteiger partial charge in [-0.15, -0.1) is 0 Å². The van der Waals surface area contributed by atoms with Gasteiger partial charge in [0.1, 0.15) is 5.58 Å². The van der Waals surface area contributed by atoms with Crippen molar-refractivity contribution in [3.63, 3.8) is 0 Å². The van der Waals surface area contributed by atoms with Gasteiger partial charge < -0.3 is 19.0 Å². The Labute approximate surface area is 134 Å². The molecule has 3 rings (SSSR count). The van der Waals surface area contributed by atoms with Crippen LogP contribution in [0.25, 0.3) is 11.0 Å². The number of hydrogen-bond donors (Lipinski definition) is 1. The van der Waals surface area contributed by atoms with Crippen LogP contribution >= 0.6 is 0 Å². The zero-order valence-electron chi connectivity index (χ0n) is 13.0. The highest BCUT2D eigenvalue weighted by Crippen LogP contribution is 2.26. The normalized spacial score (nSPS) is 11.0. The van der Waals surface area contributed by atoms with Crippen LogP contribution in [0.2, 0.25) is 0 Å². The van der Waals surface area contributed by atoms with Gasteiger partial charge in [0.15, 0.2) is 5.76 Å². The highest BCUT2D eigenvalue weighted by molar-refractivity contribution is 5.99. The van der Waals surface area contributed by atoms with Crippen LogP contribution in [0, 0.1) is 0 Å². The molecule has 0 saturated carbocycles. The number of nitrogens with one attached hydrogen (secondary N) is 1. The number of fused-ring (bicyclic) bond motifs is 1. The van der Waals surface area contributed by atoms with Crippen molar-refractivity contribution in [3.05, 3.63) is 54.3 Å². The predicted octanol–water partition coefficient (Wildman–Crippen LogP) is 2.60. The molecule has 0 unspecified atom stereocenters. The van der Waals surface area contributed by atoms with E-state index in [1.165, 1.54) is 0 Å². The molecular weight excluding hydrogens is 294 g/mol. The molecule has 0 spiro atoms. The number of hydrogen-bond acceptors (Lipinski definition) is 4. The van der Waals surface area contributed by atoms with E-state index in [1.54, 1.807) is 19.6 Å². The summed E-state index contributed by atoms with van der Waals surface area (Å²) in [5.41, 5.74) is 1.48. The fourth-order valence-corrected chi connectivity index (χ4v) is 2.53. The minimum absolute atomic E-state index is 0.209. The van der Waals surface area contributed by atoms with Gasteiger partial charge in [-0.25, -0.2) is 4.98 Å². The van der Waals surface area contributed by atoms with E-state index in [4.69, 9.17) is 9.15 Å². The smallest absolute Gasteiger partial charge is 0.287 e. The van der Waals surface area contributed by atoms with Crippen LogP contribution in [0.1, 0.15) is 22.5 Å². The van der Waals surface area contributed by atoms with E-state index < -0.39 is 0 Å². The van der Waals surface area contributed by atoms with Gasteiger partial charge in [-0.3, -0.25) is 4.79 Å². The fraction of sp³-hybridized carbons (Fsp3) is 0.294. The van der Waals surface area contributed by atoms with Gasteiger partial charge in [0, 0.05) is 43.5 Å². The Morgan fingerprint density at radius 3 is 3.04 bits per heavy atom. The molecule has 23 heavy (non-hydrogen) atoms. The first kappa shape index (κ1) is 15.3. The van der Waals surface area contributed by atoms with Crippen LogP contribution in [-0.2, 0) is 17.9 Å². The maximum atomic E-state index is 12.4. The van der Waals surface area contributed by atoms with Crippen molar-refractivity contribution in [2.45, 2.75) is 19.6 Å². The third kappa shape index (κ3) is 3.43. The number of aromatic nitrogens is 2. The standard InChI is InChI=1S/C17H19N3O3/c1-22-11-14-13-5-2-3-6-15(13)23-16(14)17(21)19-7-4-9-20-10-8-18-12-20/h2-3,5-6,8,10,12H,4,7,9,11H2,1H3,(H,19,21). The molecule has 0 bridgehead atoms. The number of methoxy groups -OCH3 is 1. The van der Waals surface area contributed by atoms with Gasteiger partial charge in [-0.1, -0.05) is 18.2 Å². The van der Waals surface area contributed by atoms with Gasteiger partial charge in [0.05, 0.1) is 12.9 Å². The molecule has 0 fully saturated rings. The Bertz CT molecular complexity index is 778. The molecule has 0 aliphatic carbocycles. The Kier molecular flexibility index (Phi) is 4.73. The summed E-state index contributed by atoms with van der Waals surface area (Å²) in [6.45, 7) is 1.72. The van der Waals surface area contributed by atoms with Gasteiger partial charge >= 0.3 is 0 Å². The zero-order valence-corrected chi connectivity index (χ0v) is 13.0. The highest BCUT2D eigenvalue weighted by Gasteiger charge is 2.19. The van der Waals surface area contributed by atoms with E-state index in [0.29, 0.717) is 24.5 Å². The quantitative estimate of drug-likeness (QED) is 0.681. The van der Waals surface area contributed by atoms with Crippen LogP contribution in [0.4, 0.5) is 0 Å². The average molecular weight is 313 g/mol.